The maximum Gasteiger partial charge on any atom is 0.255 e. The molecule has 2 aromatic rings. The summed E-state index contributed by atoms with van der Waals surface area (Å²) in [6, 6.07) is 10.4. The Balaban J connectivity index is 1.30. The number of ether oxygens (including phenoxy) is 2. The number of fused-ring (bicyclic) bond motifs is 2. The molecule has 2 aliphatic heterocycles. The Morgan fingerprint density at radius 3 is 2.74 bits per heavy atom. The Morgan fingerprint density at radius 1 is 1.24 bits per heavy atom. The first kappa shape index (κ1) is 24.8. The number of piperidine rings is 1. The van der Waals surface area contributed by atoms with Gasteiger partial charge in [0, 0.05) is 37.3 Å². The van der Waals surface area contributed by atoms with Crippen LogP contribution in [0.15, 0.2) is 36.4 Å². The highest BCUT2D eigenvalue weighted by atomic mass is 35.5. The molecule has 0 saturated carbocycles. The smallest absolute Gasteiger partial charge is 0.255 e. The molecule has 8 heteroatoms. The third kappa shape index (κ3) is 5.66. The zero-order valence-corrected chi connectivity index (χ0v) is 20.5. The molecule has 0 aliphatic carbocycles. The molecule has 2 aromatic carbocycles. The summed E-state index contributed by atoms with van der Waals surface area (Å²) in [5, 5.41) is 24.0. The largest absolute Gasteiger partial charge is 0.508 e. The van der Waals surface area contributed by atoms with Gasteiger partial charge in [-0.25, -0.2) is 0 Å². The molecule has 2 aliphatic rings. The second-order valence-corrected chi connectivity index (χ2v) is 10.1. The number of halogens is 1. The van der Waals surface area contributed by atoms with Crippen LogP contribution in [0.4, 0.5) is 0 Å². The number of aliphatic hydroxyl groups excluding tert-OH is 1. The second-order valence-electron chi connectivity index (χ2n) is 9.63. The predicted octanol–water partition coefficient (Wildman–Crippen LogP) is 3.69. The van der Waals surface area contributed by atoms with Crippen LogP contribution >= 0.6 is 11.6 Å². The molecular weight excluding hydrogens is 456 g/mol. The number of carbonyl (C=O) groups excluding carboxylic acids is 1. The predicted molar refractivity (Wildman–Crippen MR) is 130 cm³/mol. The summed E-state index contributed by atoms with van der Waals surface area (Å²) in [5.74, 6) is 0.311. The first-order chi connectivity index (χ1) is 16.3. The SMILES string of the molecule is CC(C)CNC(=O)c1ccc(O)cc1OC[C@@H](O)CN1CCC2(CC1)OCc1cc(Cl)ccc12. The number of nitrogens with zero attached hydrogens (tertiary/aromatic N) is 1. The number of rotatable bonds is 8. The lowest BCUT2D eigenvalue weighted by Crippen LogP contribution is -2.46. The molecule has 184 valence electrons. The van der Waals surface area contributed by atoms with Gasteiger partial charge in [-0.1, -0.05) is 31.5 Å². The van der Waals surface area contributed by atoms with Crippen molar-refractivity contribution in [3.63, 3.8) is 0 Å². The number of hydrogen-bond donors (Lipinski definition) is 3. The quantitative estimate of drug-likeness (QED) is 0.525. The van der Waals surface area contributed by atoms with Crippen LogP contribution in [0.1, 0.15) is 48.2 Å². The van der Waals surface area contributed by atoms with Crippen molar-refractivity contribution in [3.8, 4) is 11.5 Å². The van der Waals surface area contributed by atoms with Crippen molar-refractivity contribution in [2.45, 2.75) is 45.0 Å². The van der Waals surface area contributed by atoms with Crippen molar-refractivity contribution in [3.05, 3.63) is 58.1 Å². The molecule has 34 heavy (non-hydrogen) atoms. The molecule has 1 spiro atoms. The van der Waals surface area contributed by atoms with E-state index in [1.54, 1.807) is 0 Å². The van der Waals surface area contributed by atoms with Crippen molar-refractivity contribution >= 4 is 17.5 Å². The Labute approximate surface area is 205 Å². The van der Waals surface area contributed by atoms with Gasteiger partial charge in [-0.3, -0.25) is 4.79 Å². The minimum Gasteiger partial charge on any atom is -0.508 e. The first-order valence-electron chi connectivity index (χ1n) is 11.8. The zero-order chi connectivity index (χ0) is 24.3. The standard InChI is InChI=1S/C26H33ClN2O5/c1-17(2)13-28-25(32)22-5-4-20(30)12-24(22)33-16-21(31)14-29-9-7-26(8-10-29)23-6-3-19(27)11-18(23)15-34-26/h3-6,11-12,17,21,30-31H,7-10,13-16H2,1-2H3,(H,28,32)/t21-/m0/s1. The molecule has 0 bridgehead atoms. The van der Waals surface area contributed by atoms with Crippen LogP contribution in [-0.2, 0) is 16.9 Å². The number of aromatic hydroxyl groups is 1. The van der Waals surface area contributed by atoms with Crippen molar-refractivity contribution in [1.29, 1.82) is 0 Å². The maximum absolute atomic E-state index is 12.5. The van der Waals surface area contributed by atoms with E-state index in [1.165, 1.54) is 23.8 Å². The molecular formula is C26H33ClN2O5. The summed E-state index contributed by atoms with van der Waals surface area (Å²) < 4.78 is 12.0. The molecule has 0 aromatic heterocycles. The van der Waals surface area contributed by atoms with Crippen molar-refractivity contribution in [1.82, 2.24) is 10.2 Å². The number of β-amino-alcohol motifs (C(OH)–C–C–N with tert-alkyl or cyclic N) is 1. The van der Waals surface area contributed by atoms with Crippen LogP contribution in [0.5, 0.6) is 11.5 Å². The first-order valence-corrected chi connectivity index (χ1v) is 12.2. The van der Waals surface area contributed by atoms with Crippen molar-refractivity contribution in [2.75, 3.05) is 32.8 Å². The molecule has 1 amide bonds. The van der Waals surface area contributed by atoms with Gasteiger partial charge in [-0.15, -0.1) is 0 Å². The van der Waals surface area contributed by atoms with Crippen LogP contribution in [0.25, 0.3) is 0 Å². The fourth-order valence-corrected chi connectivity index (χ4v) is 4.87. The summed E-state index contributed by atoms with van der Waals surface area (Å²) in [6.07, 6.45) is 0.961. The van der Waals surface area contributed by atoms with E-state index in [9.17, 15) is 15.0 Å². The highest BCUT2D eigenvalue weighted by Gasteiger charge is 2.42. The van der Waals surface area contributed by atoms with Gasteiger partial charge in [0.15, 0.2) is 0 Å². The molecule has 4 rings (SSSR count). The Kier molecular flexibility index (Phi) is 7.67. The zero-order valence-electron chi connectivity index (χ0n) is 19.7. The molecule has 2 heterocycles. The number of nitrogens with one attached hydrogen (secondary N) is 1. The van der Waals surface area contributed by atoms with Crippen LogP contribution in [0.2, 0.25) is 5.02 Å². The number of amides is 1. The molecule has 1 fully saturated rings. The summed E-state index contributed by atoms with van der Waals surface area (Å²) in [7, 11) is 0. The Hall–Kier alpha value is -2.32. The number of likely N-dealkylation sites (tertiary alicyclic amines) is 1. The van der Waals surface area contributed by atoms with E-state index in [0.29, 0.717) is 31.2 Å². The van der Waals surface area contributed by atoms with Crippen LogP contribution in [-0.4, -0.2) is 59.9 Å². The number of aliphatic hydroxyl groups is 1. The summed E-state index contributed by atoms with van der Waals surface area (Å²) in [5.41, 5.74) is 2.46. The monoisotopic (exact) mass is 488 g/mol. The normalized spacial score (nSPS) is 18.1. The average Bonchev–Trinajstić information content (AvgIpc) is 3.14. The third-order valence-corrected chi connectivity index (χ3v) is 6.74. The van der Waals surface area contributed by atoms with Gasteiger partial charge in [0.25, 0.3) is 5.91 Å². The number of hydrogen-bond acceptors (Lipinski definition) is 6. The third-order valence-electron chi connectivity index (χ3n) is 6.51. The second kappa shape index (κ2) is 10.5. The topological polar surface area (TPSA) is 91.3 Å². The highest BCUT2D eigenvalue weighted by molar-refractivity contribution is 6.30. The van der Waals surface area contributed by atoms with Gasteiger partial charge in [0.1, 0.15) is 24.2 Å². The molecule has 1 atom stereocenters. The van der Waals surface area contributed by atoms with Gasteiger partial charge in [0.2, 0.25) is 0 Å². The minimum atomic E-state index is -0.737. The lowest BCUT2D eigenvalue weighted by Gasteiger charge is -2.39. The Bertz CT molecular complexity index is 1020. The fourth-order valence-electron chi connectivity index (χ4n) is 4.68. The van der Waals surface area contributed by atoms with Crippen molar-refractivity contribution in [2.24, 2.45) is 5.92 Å². The van der Waals surface area contributed by atoms with Gasteiger partial charge >= 0.3 is 0 Å². The number of phenolic OH excluding ortho intramolecular Hbond substituents is 1. The average molecular weight is 489 g/mol. The molecule has 1 saturated heterocycles. The summed E-state index contributed by atoms with van der Waals surface area (Å²) in [6.45, 7) is 7.23. The number of phenols is 1. The maximum atomic E-state index is 12.5. The van der Waals surface area contributed by atoms with E-state index in [2.05, 4.69) is 16.3 Å². The van der Waals surface area contributed by atoms with Crippen LogP contribution < -0.4 is 10.1 Å². The Morgan fingerprint density at radius 2 is 2.00 bits per heavy atom. The van der Waals surface area contributed by atoms with Gasteiger partial charge in [-0.05, 0) is 54.2 Å². The lowest BCUT2D eigenvalue weighted by molar-refractivity contribution is -0.0835. The molecule has 0 unspecified atom stereocenters. The number of carbonyl (C=O) groups is 1. The van der Waals surface area contributed by atoms with E-state index in [-0.39, 0.29) is 29.6 Å². The van der Waals surface area contributed by atoms with E-state index in [4.69, 9.17) is 21.1 Å². The van der Waals surface area contributed by atoms with Gasteiger partial charge < -0.3 is 29.9 Å². The summed E-state index contributed by atoms with van der Waals surface area (Å²) >= 11 is 6.13. The van der Waals surface area contributed by atoms with E-state index in [1.807, 2.05) is 26.0 Å². The number of benzene rings is 2. The fraction of sp³-hybridized carbons (Fsp3) is 0.500. The van der Waals surface area contributed by atoms with E-state index >= 15 is 0 Å². The van der Waals surface area contributed by atoms with Crippen LogP contribution in [0, 0.1) is 5.92 Å². The molecule has 0 radical (unpaired) electrons. The van der Waals surface area contributed by atoms with E-state index in [0.717, 1.165) is 36.5 Å². The van der Waals surface area contributed by atoms with Gasteiger partial charge in [0.05, 0.1) is 17.8 Å². The van der Waals surface area contributed by atoms with E-state index < -0.39 is 6.10 Å². The van der Waals surface area contributed by atoms with Crippen molar-refractivity contribution < 1.29 is 24.5 Å². The summed E-state index contributed by atoms with van der Waals surface area (Å²) in [4.78, 5) is 14.7. The minimum absolute atomic E-state index is 0.00404. The molecule has 3 N–H and O–H groups in total. The van der Waals surface area contributed by atoms with Gasteiger partial charge in [-0.2, -0.15) is 0 Å². The molecule has 7 nitrogen and oxygen atoms in total. The lowest BCUT2D eigenvalue weighted by atomic mass is 9.84. The van der Waals surface area contributed by atoms with Crippen LogP contribution in [0.3, 0.4) is 0 Å². The highest BCUT2D eigenvalue weighted by Crippen LogP contribution is 2.44.